The van der Waals surface area contributed by atoms with Gasteiger partial charge in [0.25, 0.3) is 0 Å². The predicted octanol–water partition coefficient (Wildman–Crippen LogP) is 3.09. The highest BCUT2D eigenvalue weighted by atomic mass is 16.5. The Hall–Kier alpha value is -3.08. The first-order valence-electron chi connectivity index (χ1n) is 6.59. The zero-order valence-corrected chi connectivity index (χ0v) is 11.7. The van der Waals surface area contributed by atoms with E-state index in [9.17, 15) is 14.7 Å². The Morgan fingerprint density at radius 2 is 1.91 bits per heavy atom. The first-order valence-corrected chi connectivity index (χ1v) is 6.59. The topological polar surface area (TPSA) is 76.7 Å². The first kappa shape index (κ1) is 13.9. The summed E-state index contributed by atoms with van der Waals surface area (Å²) in [5, 5.41) is 10.4. The molecule has 22 heavy (non-hydrogen) atoms. The zero-order valence-electron chi connectivity index (χ0n) is 11.7. The summed E-state index contributed by atoms with van der Waals surface area (Å²) in [5.74, 6) is -0.0859. The number of fused-ring (bicyclic) bond motifs is 1. The van der Waals surface area contributed by atoms with Gasteiger partial charge in [0.15, 0.2) is 5.43 Å². The molecule has 0 atom stereocenters. The van der Waals surface area contributed by atoms with Crippen LogP contribution in [0.5, 0.6) is 11.5 Å². The second kappa shape index (κ2) is 5.37. The number of esters is 1. The lowest BCUT2D eigenvalue weighted by atomic mass is 10.1. The Morgan fingerprint density at radius 3 is 2.68 bits per heavy atom. The van der Waals surface area contributed by atoms with Crippen molar-refractivity contribution in [3.63, 3.8) is 0 Å². The summed E-state index contributed by atoms with van der Waals surface area (Å²) in [4.78, 5) is 23.1. The maximum Gasteiger partial charge on any atom is 0.308 e. The van der Waals surface area contributed by atoms with Gasteiger partial charge in [0.05, 0.1) is 10.9 Å². The van der Waals surface area contributed by atoms with Crippen LogP contribution in [-0.2, 0) is 4.79 Å². The van der Waals surface area contributed by atoms with Gasteiger partial charge in [-0.3, -0.25) is 9.59 Å². The third-order valence-electron chi connectivity index (χ3n) is 3.13. The van der Waals surface area contributed by atoms with E-state index in [0.29, 0.717) is 11.0 Å². The molecule has 0 unspecified atom stereocenters. The fourth-order valence-corrected chi connectivity index (χ4v) is 2.18. The maximum absolute atomic E-state index is 12.1. The average Bonchev–Trinajstić information content (AvgIpc) is 2.49. The van der Waals surface area contributed by atoms with Crippen molar-refractivity contribution in [2.45, 2.75) is 6.92 Å². The van der Waals surface area contributed by atoms with Gasteiger partial charge in [-0.1, -0.05) is 12.1 Å². The molecule has 0 amide bonds. The smallest absolute Gasteiger partial charge is 0.308 e. The highest BCUT2D eigenvalue weighted by Gasteiger charge is 2.12. The molecule has 110 valence electrons. The molecule has 0 bridgehead atoms. The fourth-order valence-electron chi connectivity index (χ4n) is 2.18. The monoisotopic (exact) mass is 296 g/mol. The third-order valence-corrected chi connectivity index (χ3v) is 3.13. The SMILES string of the molecule is CC(=O)Oc1ccc(O)c(-c2cc(=O)c3ccccc3o2)c1. The molecular formula is C17H12O5. The van der Waals surface area contributed by atoms with Gasteiger partial charge >= 0.3 is 5.97 Å². The van der Waals surface area contributed by atoms with Gasteiger partial charge in [0.1, 0.15) is 22.8 Å². The highest BCUT2D eigenvalue weighted by molar-refractivity contribution is 5.80. The maximum atomic E-state index is 12.1. The highest BCUT2D eigenvalue weighted by Crippen LogP contribution is 2.33. The summed E-state index contributed by atoms with van der Waals surface area (Å²) in [6.07, 6.45) is 0. The number of ether oxygens (including phenoxy) is 1. The van der Waals surface area contributed by atoms with E-state index in [0.717, 1.165) is 0 Å². The first-order chi connectivity index (χ1) is 10.5. The molecule has 2 aromatic carbocycles. The summed E-state index contributed by atoms with van der Waals surface area (Å²) < 4.78 is 10.6. The largest absolute Gasteiger partial charge is 0.507 e. The van der Waals surface area contributed by atoms with Gasteiger partial charge in [0.2, 0.25) is 0 Å². The van der Waals surface area contributed by atoms with E-state index in [1.807, 2.05) is 0 Å². The molecule has 1 N–H and O–H groups in total. The number of carbonyl (C=O) groups excluding carboxylic acids is 1. The van der Waals surface area contributed by atoms with Crippen LogP contribution in [0.25, 0.3) is 22.3 Å². The molecule has 3 rings (SSSR count). The van der Waals surface area contributed by atoms with Crippen molar-refractivity contribution in [3.8, 4) is 22.8 Å². The molecule has 0 fully saturated rings. The van der Waals surface area contributed by atoms with E-state index in [1.54, 1.807) is 24.3 Å². The fraction of sp³-hybridized carbons (Fsp3) is 0.0588. The lowest BCUT2D eigenvalue weighted by Gasteiger charge is -2.08. The molecule has 0 saturated heterocycles. The van der Waals surface area contributed by atoms with Crippen molar-refractivity contribution in [2.24, 2.45) is 0 Å². The number of carbonyl (C=O) groups is 1. The van der Waals surface area contributed by atoms with E-state index in [1.165, 1.54) is 31.2 Å². The Kier molecular flexibility index (Phi) is 3.39. The van der Waals surface area contributed by atoms with Crippen molar-refractivity contribution in [3.05, 3.63) is 58.8 Å². The standard InChI is InChI=1S/C17H12O5/c1-10(18)21-11-6-7-14(19)13(8-11)17-9-15(20)12-4-2-3-5-16(12)22-17/h2-9,19H,1H3. The molecule has 5 heteroatoms. The molecule has 1 aromatic heterocycles. The van der Waals surface area contributed by atoms with Crippen LogP contribution in [0.4, 0.5) is 0 Å². The molecule has 3 aromatic rings. The summed E-state index contributed by atoms with van der Waals surface area (Å²) in [5.41, 5.74) is 0.484. The van der Waals surface area contributed by atoms with Gasteiger partial charge in [-0.25, -0.2) is 0 Å². The minimum atomic E-state index is -0.475. The zero-order chi connectivity index (χ0) is 15.7. The second-order valence-electron chi connectivity index (χ2n) is 4.74. The van der Waals surface area contributed by atoms with Crippen LogP contribution in [0.3, 0.4) is 0 Å². The lowest BCUT2D eigenvalue weighted by Crippen LogP contribution is -2.02. The molecule has 0 aliphatic carbocycles. The van der Waals surface area contributed by atoms with E-state index < -0.39 is 5.97 Å². The molecule has 0 spiro atoms. The predicted molar refractivity (Wildman–Crippen MR) is 80.9 cm³/mol. The van der Waals surface area contributed by atoms with Crippen molar-refractivity contribution in [1.82, 2.24) is 0 Å². The van der Waals surface area contributed by atoms with Gasteiger partial charge < -0.3 is 14.3 Å². The minimum absolute atomic E-state index is 0.0747. The van der Waals surface area contributed by atoms with E-state index in [4.69, 9.17) is 9.15 Å². The second-order valence-corrected chi connectivity index (χ2v) is 4.74. The number of rotatable bonds is 2. The van der Waals surface area contributed by atoms with Crippen LogP contribution in [0.1, 0.15) is 6.92 Å². The minimum Gasteiger partial charge on any atom is -0.507 e. The van der Waals surface area contributed by atoms with E-state index in [2.05, 4.69) is 0 Å². The van der Waals surface area contributed by atoms with Gasteiger partial charge in [0, 0.05) is 13.0 Å². The normalized spacial score (nSPS) is 10.6. The Morgan fingerprint density at radius 1 is 1.14 bits per heavy atom. The van der Waals surface area contributed by atoms with Crippen molar-refractivity contribution < 1.29 is 19.1 Å². The number of para-hydroxylation sites is 1. The van der Waals surface area contributed by atoms with Crippen LogP contribution in [0.15, 0.2) is 57.7 Å². The molecule has 0 aliphatic heterocycles. The van der Waals surface area contributed by atoms with Crippen LogP contribution in [-0.4, -0.2) is 11.1 Å². The number of aromatic hydroxyl groups is 1. The molecule has 5 nitrogen and oxygen atoms in total. The van der Waals surface area contributed by atoms with Crippen LogP contribution in [0.2, 0.25) is 0 Å². The number of hydrogen-bond acceptors (Lipinski definition) is 5. The number of benzene rings is 2. The number of phenolic OH excluding ortho intramolecular Hbond substituents is 1. The Balaban J connectivity index is 2.18. The van der Waals surface area contributed by atoms with Crippen LogP contribution < -0.4 is 10.2 Å². The lowest BCUT2D eigenvalue weighted by molar-refractivity contribution is -0.131. The molecule has 0 radical (unpaired) electrons. The summed E-state index contributed by atoms with van der Waals surface area (Å²) in [6, 6.07) is 12.4. The Bertz CT molecular complexity index is 924. The quantitative estimate of drug-likeness (QED) is 0.581. The molecule has 1 heterocycles. The van der Waals surface area contributed by atoms with E-state index >= 15 is 0 Å². The van der Waals surface area contributed by atoms with Gasteiger partial charge in [-0.15, -0.1) is 0 Å². The average molecular weight is 296 g/mol. The van der Waals surface area contributed by atoms with Crippen LogP contribution >= 0.6 is 0 Å². The van der Waals surface area contributed by atoms with Crippen molar-refractivity contribution >= 4 is 16.9 Å². The number of hydrogen-bond donors (Lipinski definition) is 1. The Labute approximate surface area is 125 Å². The summed E-state index contributed by atoms with van der Waals surface area (Å²) in [6.45, 7) is 1.28. The molecule has 0 saturated carbocycles. The summed E-state index contributed by atoms with van der Waals surface area (Å²) in [7, 11) is 0. The number of phenols is 1. The van der Waals surface area contributed by atoms with Gasteiger partial charge in [-0.2, -0.15) is 0 Å². The van der Waals surface area contributed by atoms with E-state index in [-0.39, 0.29) is 28.3 Å². The molecule has 0 aliphatic rings. The van der Waals surface area contributed by atoms with Gasteiger partial charge in [-0.05, 0) is 30.3 Å². The van der Waals surface area contributed by atoms with Crippen LogP contribution in [0, 0.1) is 0 Å². The third kappa shape index (κ3) is 2.56. The van der Waals surface area contributed by atoms with Crippen molar-refractivity contribution in [2.75, 3.05) is 0 Å². The summed E-state index contributed by atoms with van der Waals surface area (Å²) >= 11 is 0. The van der Waals surface area contributed by atoms with Crippen molar-refractivity contribution in [1.29, 1.82) is 0 Å². The molecular weight excluding hydrogens is 284 g/mol.